The van der Waals surface area contributed by atoms with Crippen molar-refractivity contribution in [3.05, 3.63) is 23.3 Å². The average molecular weight is 762 g/mol. The number of piperidine rings is 1. The molecule has 0 radical (unpaired) electrons. The fraction of sp³-hybridized carbons (Fsp3) is 0.810. The number of esters is 1. The molecule has 1 saturated carbocycles. The summed E-state index contributed by atoms with van der Waals surface area (Å²) >= 11 is 0. The summed E-state index contributed by atoms with van der Waals surface area (Å²) in [5.74, 6) is -6.44. The van der Waals surface area contributed by atoms with Crippen LogP contribution in [0.2, 0.25) is 0 Å². The zero-order valence-electron chi connectivity index (χ0n) is 33.8. The highest BCUT2D eigenvalue weighted by Crippen LogP contribution is 2.39. The number of nitrogens with zero attached hydrogens (tertiary/aromatic N) is 1. The minimum atomic E-state index is -2.47. The van der Waals surface area contributed by atoms with Crippen molar-refractivity contribution in [2.24, 2.45) is 29.6 Å². The van der Waals surface area contributed by atoms with Crippen LogP contribution in [0.5, 0.6) is 0 Å². The Morgan fingerprint density at radius 2 is 1.65 bits per heavy atom. The van der Waals surface area contributed by atoms with Gasteiger partial charge in [0, 0.05) is 39.0 Å². The minimum absolute atomic E-state index is 0.0381. The number of amides is 1. The molecule has 13 atom stereocenters. The first kappa shape index (κ1) is 44.2. The molecule has 1 unspecified atom stereocenters. The third-order valence-electron chi connectivity index (χ3n) is 12.5. The molecule has 306 valence electrons. The Balaban J connectivity index is 1.73. The van der Waals surface area contributed by atoms with Gasteiger partial charge in [-0.2, -0.15) is 0 Å². The maximum absolute atomic E-state index is 14.2. The van der Waals surface area contributed by atoms with Crippen molar-refractivity contribution in [3.8, 4) is 0 Å². The van der Waals surface area contributed by atoms with E-state index in [1.807, 2.05) is 33.8 Å². The first-order chi connectivity index (χ1) is 25.5. The lowest BCUT2D eigenvalue weighted by molar-refractivity contribution is -0.302. The van der Waals surface area contributed by atoms with Crippen molar-refractivity contribution < 1.29 is 53.4 Å². The third-order valence-corrected chi connectivity index (χ3v) is 12.5. The molecular formula is C42H67NO11. The number of aliphatic hydroxyl groups excluding tert-OH is 2. The van der Waals surface area contributed by atoms with Crippen molar-refractivity contribution >= 4 is 23.4 Å². The summed E-state index contributed by atoms with van der Waals surface area (Å²) in [6, 6.07) is -1.06. The van der Waals surface area contributed by atoms with E-state index in [0.29, 0.717) is 57.8 Å². The molecule has 0 aromatic carbocycles. The molecule has 1 amide bonds. The summed E-state index contributed by atoms with van der Waals surface area (Å²) in [4.78, 5) is 57.4. The van der Waals surface area contributed by atoms with Crippen LogP contribution in [0.3, 0.4) is 0 Å². The second-order valence-corrected chi connectivity index (χ2v) is 16.8. The second kappa shape index (κ2) is 19.6. The summed E-state index contributed by atoms with van der Waals surface area (Å²) in [5, 5.41) is 32.4. The van der Waals surface area contributed by atoms with Crippen molar-refractivity contribution in [2.45, 2.75) is 167 Å². The van der Waals surface area contributed by atoms with Gasteiger partial charge in [0.15, 0.2) is 0 Å². The Bertz CT molecular complexity index is 1380. The van der Waals surface area contributed by atoms with Crippen molar-refractivity contribution in [1.82, 2.24) is 4.90 Å². The van der Waals surface area contributed by atoms with Gasteiger partial charge in [-0.15, -0.1) is 0 Å². The van der Waals surface area contributed by atoms with Crippen LogP contribution in [0.4, 0.5) is 0 Å². The molecule has 3 aliphatic heterocycles. The van der Waals surface area contributed by atoms with Gasteiger partial charge in [0.2, 0.25) is 5.79 Å². The van der Waals surface area contributed by atoms with Crippen molar-refractivity contribution in [1.29, 1.82) is 0 Å². The zero-order valence-corrected chi connectivity index (χ0v) is 33.8. The van der Waals surface area contributed by atoms with Gasteiger partial charge in [0.1, 0.15) is 24.0 Å². The number of ether oxygens (including phenoxy) is 4. The fourth-order valence-corrected chi connectivity index (χ4v) is 9.16. The Kier molecular flexibility index (Phi) is 16.0. The number of cyclic esters (lactones) is 1. The number of fused-ring (bicyclic) bond motifs is 3. The summed E-state index contributed by atoms with van der Waals surface area (Å²) in [6.45, 7) is 11.7. The molecule has 2 saturated heterocycles. The standard InChI is InChI=1S/C42H67NO11/c1-9-30-19-24(2)18-25(3)20-35(51-7)38-36(52-8)22-28(6)42(50,54-38)39(47)40(48)43-17-11-10-12-31(43)41(49)53-37(26(4)13-15-32(30)44)27(5)21-29-14-16-33(45)34(46)23-29/h19,21,25-26,28-31,33-38,45-46,50H,9-18,20,22-23H2,1-8H3/b24-19+,27-21+/t25-,26+,28+,29-,30+,31-,33+,34+,35-,36-,37-,38?,42+/m0/s1. The number of ketones is 2. The van der Waals surface area contributed by atoms with Crippen LogP contribution in [-0.2, 0) is 38.1 Å². The highest BCUT2D eigenvalue weighted by molar-refractivity contribution is 6.39. The van der Waals surface area contributed by atoms with E-state index in [1.165, 1.54) is 4.90 Å². The molecule has 3 N–H and O–H groups in total. The minimum Gasteiger partial charge on any atom is -0.456 e. The Morgan fingerprint density at radius 1 is 0.963 bits per heavy atom. The Morgan fingerprint density at radius 3 is 2.30 bits per heavy atom. The first-order valence-corrected chi connectivity index (χ1v) is 20.3. The van der Waals surface area contributed by atoms with Gasteiger partial charge >= 0.3 is 5.97 Å². The van der Waals surface area contributed by atoms with Gasteiger partial charge in [-0.25, -0.2) is 4.79 Å². The van der Waals surface area contributed by atoms with Gasteiger partial charge in [0.25, 0.3) is 11.7 Å². The number of rotatable bonds is 5. The maximum atomic E-state index is 14.2. The van der Waals surface area contributed by atoms with Crippen LogP contribution < -0.4 is 0 Å². The Labute approximate surface area is 322 Å². The van der Waals surface area contributed by atoms with E-state index in [0.717, 1.165) is 11.1 Å². The topological polar surface area (TPSA) is 169 Å². The average Bonchev–Trinajstić information content (AvgIpc) is 3.15. The molecular weight excluding hydrogens is 694 g/mol. The van der Waals surface area contributed by atoms with Gasteiger partial charge < -0.3 is 39.2 Å². The lowest BCUT2D eigenvalue weighted by Crippen LogP contribution is -2.64. The Hall–Kier alpha value is -2.48. The van der Waals surface area contributed by atoms with Crippen molar-refractivity contribution in [2.75, 3.05) is 20.8 Å². The van der Waals surface area contributed by atoms with Crippen LogP contribution in [-0.4, -0.2) is 113 Å². The van der Waals surface area contributed by atoms with Crippen LogP contribution in [0.25, 0.3) is 0 Å². The zero-order chi connectivity index (χ0) is 39.9. The van der Waals surface area contributed by atoms with Crippen LogP contribution in [0.1, 0.15) is 119 Å². The SMILES string of the molecule is CC[C@@H]1/C=C(\C)C[C@H](C)C[C@H](OC)C2O[C@@](O)(C(=O)C(=O)N3CCCC[C@H]3C(=O)O[C@H](/C(C)=C/[C@@H]3CC[C@@H](O)[C@H](O)C3)[C@H](C)CCC1=O)[C@H](C)C[C@@H]2OC. The molecule has 4 rings (SSSR count). The first-order valence-electron chi connectivity index (χ1n) is 20.3. The van der Waals surface area contributed by atoms with Crippen LogP contribution >= 0.6 is 0 Å². The van der Waals surface area contributed by atoms with Crippen LogP contribution in [0.15, 0.2) is 23.3 Å². The second-order valence-electron chi connectivity index (χ2n) is 16.8. The van der Waals surface area contributed by atoms with E-state index in [2.05, 4.69) is 13.0 Å². The smallest absolute Gasteiger partial charge is 0.329 e. The van der Waals surface area contributed by atoms with E-state index >= 15 is 0 Å². The van der Waals surface area contributed by atoms with Crippen molar-refractivity contribution in [3.63, 3.8) is 0 Å². The summed E-state index contributed by atoms with van der Waals surface area (Å²) in [5.41, 5.74) is 1.83. The van der Waals surface area contributed by atoms with E-state index in [4.69, 9.17) is 18.9 Å². The molecule has 12 nitrogen and oxygen atoms in total. The molecule has 12 heteroatoms. The molecule has 0 aromatic heterocycles. The molecule has 3 heterocycles. The molecule has 1 aliphatic carbocycles. The molecule has 2 bridgehead atoms. The van der Waals surface area contributed by atoms with E-state index in [1.54, 1.807) is 21.1 Å². The van der Waals surface area contributed by atoms with E-state index < -0.39 is 72.0 Å². The number of allylic oxidation sites excluding steroid dienone is 3. The van der Waals surface area contributed by atoms with Gasteiger partial charge in [-0.05, 0) is 108 Å². The fourth-order valence-electron chi connectivity index (χ4n) is 9.16. The molecule has 3 fully saturated rings. The van der Waals surface area contributed by atoms with Gasteiger partial charge in [-0.3, -0.25) is 14.4 Å². The lowest BCUT2D eigenvalue weighted by atomic mass is 9.82. The summed E-state index contributed by atoms with van der Waals surface area (Å²) in [6.07, 6.45) is 5.54. The summed E-state index contributed by atoms with van der Waals surface area (Å²) in [7, 11) is 3.09. The third kappa shape index (κ3) is 10.5. The lowest BCUT2D eigenvalue weighted by Gasteiger charge is -2.47. The quantitative estimate of drug-likeness (QED) is 0.199. The largest absolute Gasteiger partial charge is 0.456 e. The number of carbonyl (C=O) groups is 4. The predicted octanol–water partition coefficient (Wildman–Crippen LogP) is 4.85. The highest BCUT2D eigenvalue weighted by Gasteiger charge is 2.56. The number of Topliss-reactive ketones (excluding diaryl/α,β-unsaturated/α-hetero) is 2. The number of hydrogen-bond acceptors (Lipinski definition) is 11. The molecule has 0 aromatic rings. The predicted molar refractivity (Wildman–Crippen MR) is 202 cm³/mol. The highest BCUT2D eigenvalue weighted by atomic mass is 16.7. The number of aliphatic hydroxyl groups is 3. The van der Waals surface area contributed by atoms with Gasteiger partial charge in [-0.1, -0.05) is 45.4 Å². The number of hydrogen-bond donors (Lipinski definition) is 3. The maximum Gasteiger partial charge on any atom is 0.329 e. The molecule has 54 heavy (non-hydrogen) atoms. The van der Waals surface area contributed by atoms with E-state index in [-0.39, 0.29) is 55.3 Å². The normalized spacial score (nSPS) is 41.3. The van der Waals surface area contributed by atoms with E-state index in [9.17, 15) is 34.5 Å². The van der Waals surface area contributed by atoms with Crippen LogP contribution in [0, 0.1) is 29.6 Å². The number of carbonyl (C=O) groups excluding carboxylic acids is 4. The summed E-state index contributed by atoms with van der Waals surface area (Å²) < 4.78 is 24.2. The monoisotopic (exact) mass is 761 g/mol. The van der Waals surface area contributed by atoms with Gasteiger partial charge in [0.05, 0.1) is 24.4 Å². The molecule has 0 spiro atoms. The molecule has 4 aliphatic rings. The number of methoxy groups -OCH3 is 2.